The number of Topliss-reactive ketones (excluding diaryl/α,β-unsaturated/α-hetero) is 1. The molecule has 1 aliphatic rings. The van der Waals surface area contributed by atoms with Crippen LogP contribution in [-0.2, 0) is 4.79 Å². The van der Waals surface area contributed by atoms with Gasteiger partial charge in [0.2, 0.25) is 5.78 Å². The maximum absolute atomic E-state index is 13.1. The Kier molecular flexibility index (Phi) is 4.34. The van der Waals surface area contributed by atoms with Crippen LogP contribution in [0.5, 0.6) is 11.5 Å². The number of nitrogens with one attached hydrogen (secondary N) is 1. The van der Waals surface area contributed by atoms with Crippen LogP contribution < -0.4 is 20.8 Å². The zero-order valence-corrected chi connectivity index (χ0v) is 16.0. The van der Waals surface area contributed by atoms with Crippen LogP contribution in [0.15, 0.2) is 57.9 Å². The second-order valence-corrected chi connectivity index (χ2v) is 7.27. The molecule has 3 aromatic rings. The summed E-state index contributed by atoms with van der Waals surface area (Å²) in [5.41, 5.74) is -1.04. The van der Waals surface area contributed by atoms with Crippen molar-refractivity contribution >= 4 is 34.0 Å². The van der Waals surface area contributed by atoms with Gasteiger partial charge in [-0.3, -0.25) is 4.79 Å². The lowest BCUT2D eigenvalue weighted by Crippen LogP contribution is -2.42. The van der Waals surface area contributed by atoms with E-state index in [9.17, 15) is 19.5 Å². The quantitative estimate of drug-likeness (QED) is 0.502. The molecule has 0 atom stereocenters. The number of carboxylic acids is 1. The molecule has 0 saturated heterocycles. The van der Waals surface area contributed by atoms with E-state index in [1.807, 2.05) is 0 Å². The fourth-order valence-corrected chi connectivity index (χ4v) is 3.30. The Bertz CT molecular complexity index is 1300. The number of fused-ring (bicyclic) bond motifs is 3. The molecule has 2 heterocycles. The van der Waals surface area contributed by atoms with Crippen LogP contribution >= 0.6 is 0 Å². The predicted octanol–water partition coefficient (Wildman–Crippen LogP) is 2.76. The highest BCUT2D eigenvalue weighted by Crippen LogP contribution is 2.41. The monoisotopic (exact) mass is 406 g/mol. The predicted molar refractivity (Wildman–Crippen MR) is 107 cm³/mol. The van der Waals surface area contributed by atoms with Crippen LogP contribution in [0.3, 0.4) is 0 Å². The van der Waals surface area contributed by atoms with Gasteiger partial charge in [-0.25, -0.2) is 9.59 Å². The van der Waals surface area contributed by atoms with E-state index in [0.29, 0.717) is 22.4 Å². The Labute approximate surface area is 170 Å². The Hall–Kier alpha value is -4.07. The third-order valence-electron chi connectivity index (χ3n) is 4.77. The highest BCUT2D eigenvalue weighted by Gasteiger charge is 2.40. The van der Waals surface area contributed by atoms with Crippen LogP contribution in [0.2, 0.25) is 0 Å². The summed E-state index contributed by atoms with van der Waals surface area (Å²) in [6.07, 6.45) is 1.40. The molecule has 8 heteroatoms. The van der Waals surface area contributed by atoms with Crippen LogP contribution in [0.4, 0.5) is 5.69 Å². The number of carbonyl (C=O) groups is 2. The standard InChI is InChI=1S/C22H17NO7/c1-22(2)20(26)14(10-23-12-5-6-13(21(27)28)15(24)9-12)18-16(30-22)7-3-11-4-8-17(25)29-19(11)18/h3-10,23-24H,1-2H3,(H,27,28)/p-1/b14-10-. The van der Waals surface area contributed by atoms with Crippen molar-refractivity contribution in [3.8, 4) is 11.5 Å². The van der Waals surface area contributed by atoms with Crippen molar-refractivity contribution in [2.24, 2.45) is 0 Å². The van der Waals surface area contributed by atoms with Crippen LogP contribution in [-0.4, -0.2) is 22.5 Å². The van der Waals surface area contributed by atoms with Gasteiger partial charge in [0.05, 0.1) is 16.7 Å². The minimum absolute atomic E-state index is 0.205. The maximum Gasteiger partial charge on any atom is 0.336 e. The zero-order valence-electron chi connectivity index (χ0n) is 16.0. The molecule has 1 aliphatic heterocycles. The Balaban J connectivity index is 1.86. The second kappa shape index (κ2) is 6.77. The molecule has 0 bridgehead atoms. The molecule has 0 saturated carbocycles. The number of hydrogen-bond acceptors (Lipinski definition) is 7. The molecule has 0 fully saturated rings. The number of benzene rings is 2. The second-order valence-electron chi connectivity index (χ2n) is 7.27. The van der Waals surface area contributed by atoms with Gasteiger partial charge < -0.3 is 24.7 Å². The summed E-state index contributed by atoms with van der Waals surface area (Å²) >= 11 is 0. The van der Waals surface area contributed by atoms with E-state index in [1.54, 1.807) is 32.0 Å². The van der Waals surface area contributed by atoms with E-state index < -0.39 is 22.9 Å². The number of rotatable bonds is 3. The lowest BCUT2D eigenvalue weighted by Gasteiger charge is -2.32. The number of aromatic carboxylic acids is 1. The molecule has 0 aliphatic carbocycles. The Morgan fingerprint density at radius 3 is 2.57 bits per heavy atom. The number of carboxylic acid groups (broad SMARTS) is 1. The van der Waals surface area contributed by atoms with Gasteiger partial charge in [-0.1, -0.05) is 5.75 Å². The highest BCUT2D eigenvalue weighted by molar-refractivity contribution is 6.28. The van der Waals surface area contributed by atoms with E-state index in [2.05, 4.69) is 5.32 Å². The van der Waals surface area contributed by atoms with Crippen molar-refractivity contribution in [3.05, 3.63) is 70.2 Å². The molecule has 1 aromatic heterocycles. The Morgan fingerprint density at radius 1 is 1.13 bits per heavy atom. The first-order valence-electron chi connectivity index (χ1n) is 8.99. The van der Waals surface area contributed by atoms with Crippen molar-refractivity contribution < 1.29 is 29.0 Å². The maximum atomic E-state index is 13.1. The first-order chi connectivity index (χ1) is 14.2. The molecule has 152 valence electrons. The fourth-order valence-electron chi connectivity index (χ4n) is 3.30. The Morgan fingerprint density at radius 2 is 1.87 bits per heavy atom. The van der Waals surface area contributed by atoms with Gasteiger partial charge in [0.15, 0.2) is 5.60 Å². The SMILES string of the molecule is CC1(C)Oc2ccc3ccc(=O)oc3c2/C(=C/Nc2ccc(C(=O)O)c([O-])c2)C1=O. The van der Waals surface area contributed by atoms with Crippen LogP contribution in [0.1, 0.15) is 29.8 Å². The fraction of sp³-hybridized carbons (Fsp3) is 0.136. The van der Waals surface area contributed by atoms with Crippen molar-refractivity contribution in [2.45, 2.75) is 19.4 Å². The van der Waals surface area contributed by atoms with Gasteiger partial charge in [-0.05, 0) is 50.2 Å². The van der Waals surface area contributed by atoms with Crippen molar-refractivity contribution in [1.82, 2.24) is 0 Å². The third-order valence-corrected chi connectivity index (χ3v) is 4.77. The van der Waals surface area contributed by atoms with E-state index >= 15 is 0 Å². The molecule has 0 amide bonds. The molecule has 4 rings (SSSR count). The van der Waals surface area contributed by atoms with Crippen molar-refractivity contribution in [2.75, 3.05) is 5.32 Å². The third kappa shape index (κ3) is 3.18. The van der Waals surface area contributed by atoms with Crippen molar-refractivity contribution in [1.29, 1.82) is 0 Å². The average molecular weight is 406 g/mol. The number of carbonyl (C=O) groups excluding carboxylic acids is 1. The lowest BCUT2D eigenvalue weighted by molar-refractivity contribution is -0.268. The summed E-state index contributed by atoms with van der Waals surface area (Å²) in [5, 5.41) is 24.4. The van der Waals surface area contributed by atoms with E-state index in [1.165, 1.54) is 24.4 Å². The normalized spacial score (nSPS) is 16.2. The molecule has 0 spiro atoms. The molecule has 8 nitrogen and oxygen atoms in total. The summed E-state index contributed by atoms with van der Waals surface area (Å²) in [4.78, 5) is 35.9. The van der Waals surface area contributed by atoms with Gasteiger partial charge in [-0.15, -0.1) is 0 Å². The highest BCUT2D eigenvalue weighted by atomic mass is 16.5. The van der Waals surface area contributed by atoms with E-state index in [4.69, 9.17) is 14.3 Å². The number of ether oxygens (including phenoxy) is 1. The minimum atomic E-state index is -1.32. The summed E-state index contributed by atoms with van der Waals surface area (Å²) < 4.78 is 11.2. The summed E-state index contributed by atoms with van der Waals surface area (Å²) in [7, 11) is 0. The van der Waals surface area contributed by atoms with Gasteiger partial charge in [-0.2, -0.15) is 0 Å². The van der Waals surface area contributed by atoms with E-state index in [-0.39, 0.29) is 22.5 Å². The molecule has 0 radical (unpaired) electrons. The van der Waals surface area contributed by atoms with Crippen LogP contribution in [0, 0.1) is 0 Å². The van der Waals surface area contributed by atoms with Crippen molar-refractivity contribution in [3.63, 3.8) is 0 Å². The van der Waals surface area contributed by atoms with E-state index in [0.717, 1.165) is 6.07 Å². The number of anilines is 1. The molecular weight excluding hydrogens is 390 g/mol. The molecule has 2 N–H and O–H groups in total. The first-order valence-corrected chi connectivity index (χ1v) is 8.99. The summed E-state index contributed by atoms with van der Waals surface area (Å²) in [5.74, 6) is -1.96. The summed E-state index contributed by atoms with van der Waals surface area (Å²) in [6, 6.07) is 10.0. The van der Waals surface area contributed by atoms with Gasteiger partial charge in [0.1, 0.15) is 11.3 Å². The number of hydrogen-bond donors (Lipinski definition) is 2. The first kappa shape index (κ1) is 19.3. The zero-order chi connectivity index (χ0) is 21.6. The minimum Gasteiger partial charge on any atom is -0.872 e. The molecule has 2 aromatic carbocycles. The summed E-state index contributed by atoms with van der Waals surface area (Å²) in [6.45, 7) is 3.24. The smallest absolute Gasteiger partial charge is 0.336 e. The average Bonchev–Trinajstić information content (AvgIpc) is 2.67. The van der Waals surface area contributed by atoms with Crippen LogP contribution in [0.25, 0.3) is 16.5 Å². The molecule has 0 unspecified atom stereocenters. The lowest BCUT2D eigenvalue weighted by atomic mass is 9.87. The van der Waals surface area contributed by atoms with Gasteiger partial charge in [0, 0.05) is 23.3 Å². The van der Waals surface area contributed by atoms with Gasteiger partial charge in [0.25, 0.3) is 0 Å². The van der Waals surface area contributed by atoms with Gasteiger partial charge >= 0.3 is 11.6 Å². The number of ketones is 1. The molecule has 30 heavy (non-hydrogen) atoms. The largest absolute Gasteiger partial charge is 0.872 e. The molecular formula is C22H16NO7-. The topological polar surface area (TPSA) is 129 Å².